The quantitative estimate of drug-likeness (QED) is 0.718. The summed E-state index contributed by atoms with van der Waals surface area (Å²) in [6.07, 6.45) is 0. The lowest BCUT2D eigenvalue weighted by Gasteiger charge is -2.34. The van der Waals surface area contributed by atoms with Crippen LogP contribution < -0.4 is 0 Å². The van der Waals surface area contributed by atoms with Gasteiger partial charge in [-0.1, -0.05) is 48.0 Å². The highest BCUT2D eigenvalue weighted by atomic mass is 35.5. The van der Waals surface area contributed by atoms with Crippen LogP contribution in [0.2, 0.25) is 5.02 Å². The molecule has 0 saturated carbocycles. The Hall–Kier alpha value is -1.93. The van der Waals surface area contributed by atoms with Crippen molar-refractivity contribution < 1.29 is 13.2 Å². The molecule has 0 N–H and O–H groups in total. The van der Waals surface area contributed by atoms with Gasteiger partial charge < -0.3 is 4.90 Å². The lowest BCUT2D eigenvalue weighted by Crippen LogP contribution is -2.52. The maximum Gasteiger partial charge on any atom is 0.243 e. The van der Waals surface area contributed by atoms with Crippen LogP contribution in [0.4, 0.5) is 0 Å². The molecule has 1 amide bonds. The van der Waals surface area contributed by atoms with Gasteiger partial charge in [0.15, 0.2) is 0 Å². The van der Waals surface area contributed by atoms with Gasteiger partial charge in [-0.2, -0.15) is 4.31 Å². The lowest BCUT2D eigenvalue weighted by atomic mass is 10.2. The van der Waals surface area contributed by atoms with E-state index in [1.165, 1.54) is 16.4 Å². The van der Waals surface area contributed by atoms with Crippen molar-refractivity contribution in [3.8, 4) is 0 Å². The highest BCUT2D eigenvalue weighted by Crippen LogP contribution is 2.21. The number of hydrogen-bond donors (Lipinski definition) is 0. The van der Waals surface area contributed by atoms with E-state index in [0.717, 1.165) is 5.56 Å². The summed E-state index contributed by atoms with van der Waals surface area (Å²) in [6, 6.07) is 16.2. The summed E-state index contributed by atoms with van der Waals surface area (Å²) in [5.41, 5.74) is 1.15. The van der Waals surface area contributed by atoms with E-state index < -0.39 is 10.0 Å². The first-order chi connectivity index (χ1) is 13.4. The van der Waals surface area contributed by atoms with Crippen LogP contribution in [-0.4, -0.2) is 68.2 Å². The summed E-state index contributed by atoms with van der Waals surface area (Å²) in [5.74, 6) is 0.0123. The molecule has 0 aliphatic carbocycles. The lowest BCUT2D eigenvalue weighted by molar-refractivity contribution is -0.133. The number of nitrogens with zero attached hydrogens (tertiary/aromatic N) is 3. The Bertz CT molecular complexity index is 913. The normalized spacial score (nSPS) is 15.8. The number of carbonyl (C=O) groups is 1. The summed E-state index contributed by atoms with van der Waals surface area (Å²) in [6.45, 7) is 2.33. The van der Waals surface area contributed by atoms with Crippen molar-refractivity contribution in [3.05, 3.63) is 65.2 Å². The molecule has 6 nitrogen and oxygen atoms in total. The van der Waals surface area contributed by atoms with Gasteiger partial charge in [0.05, 0.1) is 11.4 Å². The highest BCUT2D eigenvalue weighted by molar-refractivity contribution is 7.89. The summed E-state index contributed by atoms with van der Waals surface area (Å²) in [7, 11) is -1.69. The molecule has 2 aromatic rings. The van der Waals surface area contributed by atoms with Gasteiger partial charge >= 0.3 is 0 Å². The predicted molar refractivity (Wildman–Crippen MR) is 110 cm³/mol. The summed E-state index contributed by atoms with van der Waals surface area (Å²) < 4.78 is 26.9. The van der Waals surface area contributed by atoms with Crippen LogP contribution in [0.15, 0.2) is 59.5 Å². The monoisotopic (exact) mass is 421 g/mol. The molecular weight excluding hydrogens is 398 g/mol. The topological polar surface area (TPSA) is 60.9 Å². The Kier molecular flexibility index (Phi) is 6.72. The maximum atomic E-state index is 12.8. The molecule has 1 saturated heterocycles. The SMILES string of the molecule is CN(CC(=O)N1CCN(S(=O)(=O)c2cccc(Cl)c2)CC1)Cc1ccccc1. The van der Waals surface area contributed by atoms with Crippen molar-refractivity contribution in [3.63, 3.8) is 0 Å². The van der Waals surface area contributed by atoms with E-state index in [1.807, 2.05) is 42.3 Å². The molecule has 3 rings (SSSR count). The first-order valence-corrected chi connectivity index (χ1v) is 10.9. The van der Waals surface area contributed by atoms with Gasteiger partial charge in [0.2, 0.25) is 15.9 Å². The van der Waals surface area contributed by atoms with Crippen LogP contribution >= 0.6 is 11.6 Å². The Balaban J connectivity index is 1.54. The smallest absolute Gasteiger partial charge is 0.243 e. The van der Waals surface area contributed by atoms with Gasteiger partial charge in [-0.25, -0.2) is 8.42 Å². The Morgan fingerprint density at radius 1 is 1.04 bits per heavy atom. The number of benzene rings is 2. The minimum absolute atomic E-state index is 0.0123. The van der Waals surface area contributed by atoms with Crippen LogP contribution in [0.5, 0.6) is 0 Å². The fourth-order valence-electron chi connectivity index (χ4n) is 3.24. The summed E-state index contributed by atoms with van der Waals surface area (Å²) >= 11 is 5.92. The zero-order chi connectivity index (χ0) is 20.1. The minimum Gasteiger partial charge on any atom is -0.339 e. The third-order valence-electron chi connectivity index (χ3n) is 4.73. The third kappa shape index (κ3) is 5.11. The van der Waals surface area contributed by atoms with Crippen LogP contribution in [0.25, 0.3) is 0 Å². The van der Waals surface area contributed by atoms with Crippen molar-refractivity contribution >= 4 is 27.5 Å². The molecule has 1 aliphatic rings. The first kappa shape index (κ1) is 20.8. The van der Waals surface area contributed by atoms with Crippen molar-refractivity contribution in [2.45, 2.75) is 11.4 Å². The van der Waals surface area contributed by atoms with Crippen molar-refractivity contribution in [2.75, 3.05) is 39.8 Å². The Morgan fingerprint density at radius 2 is 1.71 bits per heavy atom. The van der Waals surface area contributed by atoms with Gasteiger partial charge in [0.1, 0.15) is 0 Å². The molecule has 2 aromatic carbocycles. The van der Waals surface area contributed by atoms with Gasteiger partial charge in [-0.3, -0.25) is 9.69 Å². The Labute approximate surface area is 171 Å². The second kappa shape index (κ2) is 9.05. The van der Waals surface area contributed by atoms with E-state index in [2.05, 4.69) is 0 Å². The molecule has 0 bridgehead atoms. The minimum atomic E-state index is -3.60. The molecule has 0 atom stereocenters. The van der Waals surface area contributed by atoms with Crippen LogP contribution in [0.1, 0.15) is 5.56 Å². The maximum absolute atomic E-state index is 12.8. The third-order valence-corrected chi connectivity index (χ3v) is 6.86. The molecule has 0 spiro atoms. The zero-order valence-electron chi connectivity index (χ0n) is 15.8. The van der Waals surface area contributed by atoms with Crippen LogP contribution in [-0.2, 0) is 21.4 Å². The van der Waals surface area contributed by atoms with E-state index >= 15 is 0 Å². The molecule has 0 aromatic heterocycles. The average molecular weight is 422 g/mol. The van der Waals surface area contributed by atoms with Crippen molar-refractivity contribution in [1.29, 1.82) is 0 Å². The number of amides is 1. The number of sulfonamides is 1. The molecule has 1 aliphatic heterocycles. The molecule has 1 fully saturated rings. The highest BCUT2D eigenvalue weighted by Gasteiger charge is 2.30. The number of halogens is 1. The molecule has 1 heterocycles. The number of likely N-dealkylation sites (N-methyl/N-ethyl adjacent to an activating group) is 1. The molecular formula is C20H24ClN3O3S. The molecule has 150 valence electrons. The number of hydrogen-bond acceptors (Lipinski definition) is 4. The van der Waals surface area contributed by atoms with Gasteiger partial charge in [-0.05, 0) is 30.8 Å². The largest absolute Gasteiger partial charge is 0.339 e. The van der Waals surface area contributed by atoms with Crippen molar-refractivity contribution in [1.82, 2.24) is 14.1 Å². The summed E-state index contributed by atoms with van der Waals surface area (Å²) in [4.78, 5) is 16.4. The van der Waals surface area contributed by atoms with E-state index in [9.17, 15) is 13.2 Å². The second-order valence-electron chi connectivity index (χ2n) is 6.90. The second-order valence-corrected chi connectivity index (χ2v) is 9.27. The van der Waals surface area contributed by atoms with Crippen LogP contribution in [0.3, 0.4) is 0 Å². The molecule has 0 radical (unpaired) electrons. The van der Waals surface area contributed by atoms with E-state index in [-0.39, 0.29) is 23.9 Å². The zero-order valence-corrected chi connectivity index (χ0v) is 17.4. The summed E-state index contributed by atoms with van der Waals surface area (Å²) in [5, 5.41) is 0.386. The Morgan fingerprint density at radius 3 is 2.36 bits per heavy atom. The fraction of sp³-hybridized carbons (Fsp3) is 0.350. The van der Waals surface area contributed by atoms with Gasteiger partial charge in [0, 0.05) is 37.7 Å². The standard InChI is InChI=1S/C20H24ClN3O3S/c1-22(15-17-6-3-2-4-7-17)16-20(25)23-10-12-24(13-11-23)28(26,27)19-9-5-8-18(21)14-19/h2-9,14H,10-13,15-16H2,1H3. The van der Waals surface area contributed by atoms with Crippen LogP contribution in [0, 0.1) is 0 Å². The van der Waals surface area contributed by atoms with E-state index in [1.54, 1.807) is 17.0 Å². The molecule has 8 heteroatoms. The van der Waals surface area contributed by atoms with Gasteiger partial charge in [0.25, 0.3) is 0 Å². The van der Waals surface area contributed by atoms with E-state index in [4.69, 9.17) is 11.6 Å². The van der Waals surface area contributed by atoms with Gasteiger partial charge in [-0.15, -0.1) is 0 Å². The number of carbonyl (C=O) groups excluding carboxylic acids is 1. The molecule has 0 unspecified atom stereocenters. The predicted octanol–water partition coefficient (Wildman–Crippen LogP) is 2.30. The van der Waals surface area contributed by atoms with Crippen molar-refractivity contribution in [2.24, 2.45) is 0 Å². The first-order valence-electron chi connectivity index (χ1n) is 9.12. The number of rotatable bonds is 6. The fourth-order valence-corrected chi connectivity index (χ4v) is 4.96. The van der Waals surface area contributed by atoms with E-state index in [0.29, 0.717) is 31.2 Å². The number of piperazine rings is 1. The average Bonchev–Trinajstić information content (AvgIpc) is 2.68. The molecule has 28 heavy (non-hydrogen) atoms.